The molecular formula is C13H19N3. The lowest BCUT2D eigenvalue weighted by molar-refractivity contribution is 1.15. The first kappa shape index (κ1) is 12.3. The molecule has 0 fully saturated rings. The number of nitrogens with zero attached hydrogens (tertiary/aromatic N) is 1. The summed E-state index contributed by atoms with van der Waals surface area (Å²) in [6.45, 7) is 6.07. The number of aryl methyl sites for hydroxylation is 1. The minimum absolute atomic E-state index is 0.567. The summed E-state index contributed by atoms with van der Waals surface area (Å²) >= 11 is 0. The second-order valence-corrected chi connectivity index (χ2v) is 3.32. The minimum atomic E-state index is 0.567. The standard InChI is InChI=1S/C11H13N3.C2H6/c1-2-7-5-9-8(6-10(7)12)3-4-14-11(9)13;1-2/h3-6H,2,12H2,1H3,(H2,13,14);1-2H3. The summed E-state index contributed by atoms with van der Waals surface area (Å²) in [5.41, 5.74) is 13.6. The zero-order valence-corrected chi connectivity index (χ0v) is 10.1. The zero-order chi connectivity index (χ0) is 12.1. The van der Waals surface area contributed by atoms with Crippen molar-refractivity contribution in [3.8, 4) is 0 Å². The fourth-order valence-electron chi connectivity index (χ4n) is 1.61. The van der Waals surface area contributed by atoms with Crippen LogP contribution >= 0.6 is 0 Å². The van der Waals surface area contributed by atoms with Crippen molar-refractivity contribution < 1.29 is 0 Å². The number of rotatable bonds is 1. The van der Waals surface area contributed by atoms with Crippen molar-refractivity contribution in [3.63, 3.8) is 0 Å². The molecule has 4 N–H and O–H groups in total. The van der Waals surface area contributed by atoms with E-state index in [9.17, 15) is 0 Å². The zero-order valence-electron chi connectivity index (χ0n) is 10.1. The molecule has 86 valence electrons. The average Bonchev–Trinajstić information content (AvgIpc) is 2.31. The smallest absolute Gasteiger partial charge is 0.131 e. The molecule has 0 aliphatic heterocycles. The van der Waals surface area contributed by atoms with Gasteiger partial charge in [0.15, 0.2) is 0 Å². The van der Waals surface area contributed by atoms with E-state index < -0.39 is 0 Å². The Morgan fingerprint density at radius 3 is 2.50 bits per heavy atom. The first-order valence-corrected chi connectivity index (χ1v) is 5.65. The molecule has 0 amide bonds. The third kappa shape index (κ3) is 2.24. The van der Waals surface area contributed by atoms with Crippen LogP contribution in [0.15, 0.2) is 24.4 Å². The second-order valence-electron chi connectivity index (χ2n) is 3.32. The molecule has 0 bridgehead atoms. The van der Waals surface area contributed by atoms with E-state index in [0.29, 0.717) is 5.82 Å². The maximum absolute atomic E-state index is 5.89. The van der Waals surface area contributed by atoms with Gasteiger partial charge in [-0.15, -0.1) is 0 Å². The fourth-order valence-corrected chi connectivity index (χ4v) is 1.61. The normalized spacial score (nSPS) is 9.69. The number of pyridine rings is 1. The summed E-state index contributed by atoms with van der Waals surface area (Å²) in [6, 6.07) is 5.89. The number of hydrogen-bond acceptors (Lipinski definition) is 3. The summed E-state index contributed by atoms with van der Waals surface area (Å²) in [6.07, 6.45) is 2.61. The Bertz CT molecular complexity index is 478. The first-order chi connectivity index (χ1) is 7.72. The maximum atomic E-state index is 5.89. The van der Waals surface area contributed by atoms with Crippen LogP contribution in [0, 0.1) is 0 Å². The quantitative estimate of drug-likeness (QED) is 0.722. The number of anilines is 2. The van der Waals surface area contributed by atoms with E-state index in [1.807, 2.05) is 32.0 Å². The Hall–Kier alpha value is -1.77. The Labute approximate surface area is 96.5 Å². The predicted octanol–water partition coefficient (Wildman–Crippen LogP) is 2.99. The lowest BCUT2D eigenvalue weighted by Crippen LogP contribution is -1.96. The van der Waals surface area contributed by atoms with Gasteiger partial charge in [0.25, 0.3) is 0 Å². The summed E-state index contributed by atoms with van der Waals surface area (Å²) in [7, 11) is 0. The largest absolute Gasteiger partial charge is 0.398 e. The first-order valence-electron chi connectivity index (χ1n) is 5.65. The number of aromatic nitrogens is 1. The molecule has 0 radical (unpaired) electrons. The van der Waals surface area contributed by atoms with E-state index >= 15 is 0 Å². The maximum Gasteiger partial charge on any atom is 0.131 e. The van der Waals surface area contributed by atoms with Gasteiger partial charge in [0, 0.05) is 17.3 Å². The van der Waals surface area contributed by atoms with Crippen LogP contribution in [0.3, 0.4) is 0 Å². The van der Waals surface area contributed by atoms with Gasteiger partial charge in [0.2, 0.25) is 0 Å². The Morgan fingerprint density at radius 2 is 1.88 bits per heavy atom. The van der Waals surface area contributed by atoms with Crippen LogP contribution in [-0.4, -0.2) is 4.98 Å². The molecule has 1 aromatic heterocycles. The molecule has 16 heavy (non-hydrogen) atoms. The van der Waals surface area contributed by atoms with E-state index in [1.165, 1.54) is 0 Å². The van der Waals surface area contributed by atoms with Gasteiger partial charge in [-0.1, -0.05) is 20.8 Å². The Balaban J connectivity index is 0.000000606. The third-order valence-corrected chi connectivity index (χ3v) is 2.44. The molecular weight excluding hydrogens is 198 g/mol. The second kappa shape index (κ2) is 5.35. The molecule has 1 aromatic carbocycles. The third-order valence-electron chi connectivity index (χ3n) is 2.44. The van der Waals surface area contributed by atoms with Crippen molar-refractivity contribution in [2.75, 3.05) is 11.5 Å². The van der Waals surface area contributed by atoms with Crippen LogP contribution in [0.25, 0.3) is 10.8 Å². The number of nitrogens with two attached hydrogens (primary N) is 2. The number of fused-ring (bicyclic) bond motifs is 1. The van der Waals surface area contributed by atoms with Crippen LogP contribution < -0.4 is 11.5 Å². The van der Waals surface area contributed by atoms with E-state index in [-0.39, 0.29) is 0 Å². The molecule has 0 unspecified atom stereocenters. The minimum Gasteiger partial charge on any atom is -0.398 e. The van der Waals surface area contributed by atoms with Crippen molar-refractivity contribution in [2.45, 2.75) is 27.2 Å². The van der Waals surface area contributed by atoms with Crippen LogP contribution in [0.4, 0.5) is 11.5 Å². The number of hydrogen-bond donors (Lipinski definition) is 2. The van der Waals surface area contributed by atoms with Gasteiger partial charge in [-0.05, 0) is 35.6 Å². The predicted molar refractivity (Wildman–Crippen MR) is 71.3 cm³/mol. The van der Waals surface area contributed by atoms with Crippen LogP contribution in [0.1, 0.15) is 26.3 Å². The molecule has 3 nitrogen and oxygen atoms in total. The summed E-state index contributed by atoms with van der Waals surface area (Å²) in [4.78, 5) is 4.05. The molecule has 2 rings (SSSR count). The Morgan fingerprint density at radius 1 is 1.19 bits per heavy atom. The Kier molecular flexibility index (Phi) is 4.11. The molecule has 0 spiro atoms. The van der Waals surface area contributed by atoms with Gasteiger partial charge in [0.05, 0.1) is 0 Å². The van der Waals surface area contributed by atoms with E-state index in [4.69, 9.17) is 11.5 Å². The summed E-state index contributed by atoms with van der Waals surface area (Å²) < 4.78 is 0. The highest BCUT2D eigenvalue weighted by molar-refractivity contribution is 5.93. The van der Waals surface area contributed by atoms with Crippen molar-refractivity contribution in [2.24, 2.45) is 0 Å². The molecule has 0 saturated heterocycles. The van der Waals surface area contributed by atoms with Gasteiger partial charge in [-0.25, -0.2) is 4.98 Å². The summed E-state index contributed by atoms with van der Waals surface area (Å²) in [5, 5.41) is 2.03. The average molecular weight is 217 g/mol. The van der Waals surface area contributed by atoms with E-state index in [2.05, 4.69) is 11.9 Å². The lowest BCUT2D eigenvalue weighted by atomic mass is 10.0. The van der Waals surface area contributed by atoms with Gasteiger partial charge in [-0.3, -0.25) is 0 Å². The topological polar surface area (TPSA) is 64.9 Å². The van der Waals surface area contributed by atoms with Crippen LogP contribution in [-0.2, 0) is 6.42 Å². The van der Waals surface area contributed by atoms with Crippen LogP contribution in [0.2, 0.25) is 0 Å². The highest BCUT2D eigenvalue weighted by atomic mass is 14.8. The van der Waals surface area contributed by atoms with Crippen LogP contribution in [0.5, 0.6) is 0 Å². The monoisotopic (exact) mass is 217 g/mol. The molecule has 3 heteroatoms. The van der Waals surface area contributed by atoms with Crippen molar-refractivity contribution in [1.82, 2.24) is 4.98 Å². The van der Waals surface area contributed by atoms with Gasteiger partial charge in [0.1, 0.15) is 5.82 Å². The highest BCUT2D eigenvalue weighted by Crippen LogP contribution is 2.24. The SMILES string of the molecule is CC.CCc1cc2c(N)nccc2cc1N. The molecule has 0 aliphatic carbocycles. The van der Waals surface area contributed by atoms with E-state index in [1.54, 1.807) is 6.20 Å². The van der Waals surface area contributed by atoms with Crippen molar-refractivity contribution in [1.29, 1.82) is 0 Å². The molecule has 0 aliphatic rings. The fraction of sp³-hybridized carbons (Fsp3) is 0.308. The highest BCUT2D eigenvalue weighted by Gasteiger charge is 2.03. The van der Waals surface area contributed by atoms with Crippen molar-refractivity contribution in [3.05, 3.63) is 30.0 Å². The summed E-state index contributed by atoms with van der Waals surface area (Å²) in [5.74, 6) is 0.567. The van der Waals surface area contributed by atoms with E-state index in [0.717, 1.165) is 28.4 Å². The molecule has 1 heterocycles. The number of nitrogen functional groups attached to an aromatic ring is 2. The number of benzene rings is 1. The molecule has 2 aromatic rings. The molecule has 0 saturated carbocycles. The van der Waals surface area contributed by atoms with Gasteiger partial charge < -0.3 is 11.5 Å². The lowest BCUT2D eigenvalue weighted by Gasteiger charge is -2.06. The van der Waals surface area contributed by atoms with Gasteiger partial charge in [-0.2, -0.15) is 0 Å². The molecule has 0 atom stereocenters. The van der Waals surface area contributed by atoms with Crippen molar-refractivity contribution >= 4 is 22.3 Å². The van der Waals surface area contributed by atoms with Gasteiger partial charge >= 0.3 is 0 Å².